The monoisotopic (exact) mass is 272 g/mol. The zero-order chi connectivity index (χ0) is 13.1. The van der Waals surface area contributed by atoms with Crippen molar-refractivity contribution in [3.8, 4) is 0 Å². The normalized spacial score (nSPS) is 11.2. The number of thiazole rings is 1. The molecule has 0 radical (unpaired) electrons. The fourth-order valence-electron chi connectivity index (χ4n) is 2.21. The van der Waals surface area contributed by atoms with Gasteiger partial charge in [-0.3, -0.25) is 0 Å². The number of rotatable bonds is 5. The lowest BCUT2D eigenvalue weighted by Crippen LogP contribution is -2.11. The molecule has 0 unspecified atom stereocenters. The number of hydrogen-bond acceptors (Lipinski definition) is 4. The Bertz CT molecular complexity index is 657. The van der Waals surface area contributed by atoms with E-state index < -0.39 is 0 Å². The Kier molecular flexibility index (Phi) is 3.57. The Morgan fingerprint density at radius 1 is 1.37 bits per heavy atom. The van der Waals surface area contributed by atoms with Gasteiger partial charge in [0, 0.05) is 29.7 Å². The van der Waals surface area contributed by atoms with Crippen molar-refractivity contribution in [1.29, 1.82) is 0 Å². The van der Waals surface area contributed by atoms with Gasteiger partial charge in [0.05, 0.1) is 17.7 Å². The number of aromatic nitrogens is 3. The summed E-state index contributed by atoms with van der Waals surface area (Å²) in [6, 6.07) is 4.12. The molecule has 3 rings (SSSR count). The van der Waals surface area contributed by atoms with Crippen molar-refractivity contribution in [2.45, 2.75) is 20.0 Å². The molecule has 0 atom stereocenters. The molecule has 0 saturated carbocycles. The van der Waals surface area contributed by atoms with Crippen LogP contribution in [-0.2, 0) is 13.1 Å². The first-order chi connectivity index (χ1) is 9.38. The number of hydrogen-bond donors (Lipinski definition) is 1. The molecule has 1 N–H and O–H groups in total. The molecule has 0 aliphatic heterocycles. The zero-order valence-electron chi connectivity index (χ0n) is 10.8. The minimum absolute atomic E-state index is 0.781. The van der Waals surface area contributed by atoms with Crippen LogP contribution in [-0.4, -0.2) is 21.1 Å². The van der Waals surface area contributed by atoms with Crippen LogP contribution in [0.1, 0.15) is 18.2 Å². The summed E-state index contributed by atoms with van der Waals surface area (Å²) in [4.78, 5) is 8.85. The standard InChI is InChI=1S/C14H16N4S/c1-2-15-6-11-7-18(8-12-9-19-10-17-12)14-13(11)4-3-5-16-14/h3-5,7,9-10,15H,2,6,8H2,1H3. The van der Waals surface area contributed by atoms with E-state index in [1.807, 2.05) is 17.8 Å². The molecule has 98 valence electrons. The molecule has 3 aromatic heterocycles. The van der Waals surface area contributed by atoms with Crippen LogP contribution in [0.15, 0.2) is 35.4 Å². The van der Waals surface area contributed by atoms with Crippen molar-refractivity contribution in [2.75, 3.05) is 6.54 Å². The van der Waals surface area contributed by atoms with E-state index in [1.54, 1.807) is 11.3 Å². The van der Waals surface area contributed by atoms with E-state index in [1.165, 1.54) is 10.9 Å². The lowest BCUT2D eigenvalue weighted by atomic mass is 10.2. The van der Waals surface area contributed by atoms with E-state index in [4.69, 9.17) is 0 Å². The van der Waals surface area contributed by atoms with Gasteiger partial charge in [-0.2, -0.15) is 0 Å². The first kappa shape index (κ1) is 12.3. The van der Waals surface area contributed by atoms with Gasteiger partial charge in [-0.25, -0.2) is 9.97 Å². The number of nitrogens with one attached hydrogen (secondary N) is 1. The highest BCUT2D eigenvalue weighted by Gasteiger charge is 2.09. The van der Waals surface area contributed by atoms with Gasteiger partial charge in [0.2, 0.25) is 0 Å². The van der Waals surface area contributed by atoms with Crippen LogP contribution in [0.3, 0.4) is 0 Å². The lowest BCUT2D eigenvalue weighted by Gasteiger charge is -2.00. The third kappa shape index (κ3) is 2.52. The minimum atomic E-state index is 0.781. The first-order valence-electron chi connectivity index (χ1n) is 6.39. The summed E-state index contributed by atoms with van der Waals surface area (Å²) in [7, 11) is 0. The summed E-state index contributed by atoms with van der Waals surface area (Å²) in [6.45, 7) is 4.75. The lowest BCUT2D eigenvalue weighted by molar-refractivity contribution is 0.722. The summed E-state index contributed by atoms with van der Waals surface area (Å²) >= 11 is 1.63. The summed E-state index contributed by atoms with van der Waals surface area (Å²) in [5.41, 5.74) is 5.28. The van der Waals surface area contributed by atoms with Crippen molar-refractivity contribution >= 4 is 22.4 Å². The fourth-order valence-corrected chi connectivity index (χ4v) is 2.76. The molecule has 0 amide bonds. The smallest absolute Gasteiger partial charge is 0.140 e. The topological polar surface area (TPSA) is 42.7 Å². The second-order valence-corrected chi connectivity index (χ2v) is 5.14. The second-order valence-electron chi connectivity index (χ2n) is 4.42. The first-order valence-corrected chi connectivity index (χ1v) is 7.33. The molecule has 0 aliphatic rings. The van der Waals surface area contributed by atoms with Gasteiger partial charge in [-0.15, -0.1) is 11.3 Å². The largest absolute Gasteiger partial charge is 0.326 e. The van der Waals surface area contributed by atoms with Gasteiger partial charge >= 0.3 is 0 Å². The van der Waals surface area contributed by atoms with Crippen molar-refractivity contribution in [2.24, 2.45) is 0 Å². The summed E-state index contributed by atoms with van der Waals surface area (Å²) in [6.07, 6.45) is 4.02. The Hall–Kier alpha value is -1.72. The molecule has 0 spiro atoms. The average molecular weight is 272 g/mol. The second kappa shape index (κ2) is 5.50. The summed E-state index contributed by atoms with van der Waals surface area (Å²) < 4.78 is 2.18. The van der Waals surface area contributed by atoms with E-state index in [2.05, 4.69) is 44.4 Å². The Morgan fingerprint density at radius 3 is 3.11 bits per heavy atom. The van der Waals surface area contributed by atoms with Crippen molar-refractivity contribution < 1.29 is 0 Å². The van der Waals surface area contributed by atoms with Crippen LogP contribution in [0.5, 0.6) is 0 Å². The number of pyridine rings is 1. The van der Waals surface area contributed by atoms with Gasteiger partial charge in [0.25, 0.3) is 0 Å². The molecule has 4 nitrogen and oxygen atoms in total. The van der Waals surface area contributed by atoms with Crippen molar-refractivity contribution in [3.05, 3.63) is 46.7 Å². The molecular formula is C14H16N4S. The SMILES string of the molecule is CCNCc1cn(Cc2cscn2)c2ncccc12. The highest BCUT2D eigenvalue weighted by molar-refractivity contribution is 7.07. The highest BCUT2D eigenvalue weighted by atomic mass is 32.1. The molecule has 3 heterocycles. The molecular weight excluding hydrogens is 256 g/mol. The van der Waals surface area contributed by atoms with Crippen molar-refractivity contribution in [3.63, 3.8) is 0 Å². The molecule has 0 fully saturated rings. The Morgan fingerprint density at radius 2 is 2.32 bits per heavy atom. The maximum atomic E-state index is 4.50. The van der Waals surface area contributed by atoms with Crippen LogP contribution in [0, 0.1) is 0 Å². The van der Waals surface area contributed by atoms with E-state index >= 15 is 0 Å². The molecule has 0 aliphatic carbocycles. The molecule has 0 bridgehead atoms. The molecule has 0 aromatic carbocycles. The quantitative estimate of drug-likeness (QED) is 0.776. The zero-order valence-corrected chi connectivity index (χ0v) is 11.7. The van der Waals surface area contributed by atoms with Crippen LogP contribution < -0.4 is 5.32 Å². The Labute approximate surface area is 116 Å². The maximum Gasteiger partial charge on any atom is 0.140 e. The molecule has 19 heavy (non-hydrogen) atoms. The summed E-state index contributed by atoms with van der Waals surface area (Å²) in [5, 5.41) is 6.68. The van der Waals surface area contributed by atoms with Crippen LogP contribution in [0.4, 0.5) is 0 Å². The van der Waals surface area contributed by atoms with Crippen LogP contribution in [0.25, 0.3) is 11.0 Å². The van der Waals surface area contributed by atoms with Crippen molar-refractivity contribution in [1.82, 2.24) is 19.9 Å². The van der Waals surface area contributed by atoms with E-state index in [0.29, 0.717) is 0 Å². The number of fused-ring (bicyclic) bond motifs is 1. The van der Waals surface area contributed by atoms with E-state index in [9.17, 15) is 0 Å². The maximum absolute atomic E-state index is 4.50. The Balaban J connectivity index is 1.99. The van der Waals surface area contributed by atoms with Gasteiger partial charge in [0.1, 0.15) is 5.65 Å². The molecule has 5 heteroatoms. The van der Waals surface area contributed by atoms with Gasteiger partial charge < -0.3 is 9.88 Å². The fraction of sp³-hybridized carbons (Fsp3) is 0.286. The molecule has 3 aromatic rings. The van der Waals surface area contributed by atoms with Gasteiger partial charge in [-0.1, -0.05) is 6.92 Å². The van der Waals surface area contributed by atoms with Gasteiger partial charge in [-0.05, 0) is 24.2 Å². The van der Waals surface area contributed by atoms with Crippen LogP contribution >= 0.6 is 11.3 Å². The third-order valence-electron chi connectivity index (χ3n) is 3.10. The predicted octanol–water partition coefficient (Wildman–Crippen LogP) is 2.65. The average Bonchev–Trinajstić information content (AvgIpc) is 3.06. The predicted molar refractivity (Wildman–Crippen MR) is 78.3 cm³/mol. The van der Waals surface area contributed by atoms with E-state index in [0.717, 1.165) is 31.0 Å². The highest BCUT2D eigenvalue weighted by Crippen LogP contribution is 2.20. The van der Waals surface area contributed by atoms with Gasteiger partial charge in [0.15, 0.2) is 0 Å². The minimum Gasteiger partial charge on any atom is -0.326 e. The molecule has 0 saturated heterocycles. The summed E-state index contributed by atoms with van der Waals surface area (Å²) in [5.74, 6) is 0. The van der Waals surface area contributed by atoms with Crippen LogP contribution in [0.2, 0.25) is 0 Å². The van der Waals surface area contributed by atoms with E-state index in [-0.39, 0.29) is 0 Å². The third-order valence-corrected chi connectivity index (χ3v) is 3.73. The number of nitrogens with zero attached hydrogens (tertiary/aromatic N) is 3.